The molecule has 0 aliphatic heterocycles. The van der Waals surface area contributed by atoms with Crippen LogP contribution in [0, 0.1) is 6.92 Å². The zero-order chi connectivity index (χ0) is 12.0. The highest BCUT2D eigenvalue weighted by Gasteiger charge is 2.09. The quantitative estimate of drug-likeness (QED) is 0.801. The lowest BCUT2D eigenvalue weighted by Gasteiger charge is -2.20. The standard InChI is InChI=1S/C13H22N2O/c1-4-15(5-2)9-8-13(16)12-7-6-11(3)14-10-12/h6-7,10,13,16H,4-5,8-9H2,1-3H3. The van der Waals surface area contributed by atoms with Gasteiger partial charge in [-0.05, 0) is 38.1 Å². The first-order valence-corrected chi connectivity index (χ1v) is 6.00. The molecular weight excluding hydrogens is 200 g/mol. The first-order valence-electron chi connectivity index (χ1n) is 6.00. The van der Waals surface area contributed by atoms with Crippen molar-refractivity contribution in [3.05, 3.63) is 29.6 Å². The fourth-order valence-corrected chi connectivity index (χ4v) is 1.69. The van der Waals surface area contributed by atoms with Gasteiger partial charge >= 0.3 is 0 Å². The average Bonchev–Trinajstić information content (AvgIpc) is 2.31. The Balaban J connectivity index is 2.46. The second-order valence-electron chi connectivity index (χ2n) is 4.06. The van der Waals surface area contributed by atoms with Gasteiger partial charge in [0.15, 0.2) is 0 Å². The molecule has 1 aromatic heterocycles. The molecule has 3 heteroatoms. The second kappa shape index (κ2) is 6.61. The van der Waals surface area contributed by atoms with E-state index in [0.717, 1.165) is 37.3 Å². The number of aryl methyl sites for hydroxylation is 1. The topological polar surface area (TPSA) is 36.4 Å². The lowest BCUT2D eigenvalue weighted by molar-refractivity contribution is 0.145. The number of rotatable bonds is 6. The minimum atomic E-state index is -0.395. The van der Waals surface area contributed by atoms with Crippen LogP contribution >= 0.6 is 0 Å². The van der Waals surface area contributed by atoms with Gasteiger partial charge in [-0.15, -0.1) is 0 Å². The summed E-state index contributed by atoms with van der Waals surface area (Å²) in [6.07, 6.45) is 2.14. The molecule has 1 unspecified atom stereocenters. The van der Waals surface area contributed by atoms with Gasteiger partial charge in [-0.25, -0.2) is 0 Å². The first kappa shape index (κ1) is 13.1. The normalized spacial score (nSPS) is 13.1. The van der Waals surface area contributed by atoms with Crippen molar-refractivity contribution in [3.63, 3.8) is 0 Å². The first-order chi connectivity index (χ1) is 7.67. The van der Waals surface area contributed by atoms with Gasteiger partial charge in [0.1, 0.15) is 0 Å². The smallest absolute Gasteiger partial charge is 0.0817 e. The molecule has 0 saturated carbocycles. The van der Waals surface area contributed by atoms with Crippen LogP contribution in [0.2, 0.25) is 0 Å². The summed E-state index contributed by atoms with van der Waals surface area (Å²) < 4.78 is 0. The van der Waals surface area contributed by atoms with E-state index in [1.807, 2.05) is 19.1 Å². The molecule has 0 bridgehead atoms. The number of aliphatic hydroxyl groups excluding tert-OH is 1. The van der Waals surface area contributed by atoms with Gasteiger partial charge < -0.3 is 10.0 Å². The maximum Gasteiger partial charge on any atom is 0.0817 e. The number of hydrogen-bond donors (Lipinski definition) is 1. The van der Waals surface area contributed by atoms with Gasteiger partial charge in [0, 0.05) is 18.4 Å². The zero-order valence-electron chi connectivity index (χ0n) is 10.5. The molecule has 1 N–H and O–H groups in total. The van der Waals surface area contributed by atoms with Crippen molar-refractivity contribution in [2.75, 3.05) is 19.6 Å². The molecule has 16 heavy (non-hydrogen) atoms. The molecule has 1 heterocycles. The third-order valence-corrected chi connectivity index (χ3v) is 2.93. The highest BCUT2D eigenvalue weighted by atomic mass is 16.3. The second-order valence-corrected chi connectivity index (χ2v) is 4.06. The molecule has 0 amide bonds. The van der Waals surface area contributed by atoms with E-state index in [9.17, 15) is 5.11 Å². The molecule has 1 aromatic rings. The van der Waals surface area contributed by atoms with Crippen molar-refractivity contribution in [2.24, 2.45) is 0 Å². The molecule has 0 aliphatic rings. The summed E-state index contributed by atoms with van der Waals surface area (Å²) in [5.41, 5.74) is 1.90. The molecule has 1 rings (SSSR count). The monoisotopic (exact) mass is 222 g/mol. The molecule has 0 spiro atoms. The molecule has 0 aliphatic carbocycles. The third kappa shape index (κ3) is 3.91. The number of nitrogens with zero attached hydrogens (tertiary/aromatic N) is 2. The van der Waals surface area contributed by atoms with Crippen LogP contribution in [0.25, 0.3) is 0 Å². The maximum absolute atomic E-state index is 9.98. The van der Waals surface area contributed by atoms with Crippen molar-refractivity contribution < 1.29 is 5.11 Å². The Hall–Kier alpha value is -0.930. The van der Waals surface area contributed by atoms with Crippen LogP contribution in [0.1, 0.15) is 37.6 Å². The minimum absolute atomic E-state index is 0.395. The molecule has 90 valence electrons. The Morgan fingerprint density at radius 3 is 2.50 bits per heavy atom. The van der Waals surface area contributed by atoms with E-state index >= 15 is 0 Å². The summed E-state index contributed by atoms with van der Waals surface area (Å²) in [7, 11) is 0. The Labute approximate surface area is 98.1 Å². The van der Waals surface area contributed by atoms with Gasteiger partial charge in [0.05, 0.1) is 6.10 Å². The SMILES string of the molecule is CCN(CC)CCC(O)c1ccc(C)nc1. The van der Waals surface area contributed by atoms with Crippen molar-refractivity contribution in [1.29, 1.82) is 0 Å². The van der Waals surface area contributed by atoms with E-state index in [2.05, 4.69) is 23.7 Å². The number of pyridine rings is 1. The Morgan fingerprint density at radius 1 is 1.31 bits per heavy atom. The molecule has 1 atom stereocenters. The molecule has 0 fully saturated rings. The van der Waals surface area contributed by atoms with Crippen LogP contribution in [0.4, 0.5) is 0 Å². The van der Waals surface area contributed by atoms with E-state index in [-0.39, 0.29) is 0 Å². The minimum Gasteiger partial charge on any atom is -0.388 e. The highest BCUT2D eigenvalue weighted by molar-refractivity contribution is 5.15. The van der Waals surface area contributed by atoms with E-state index < -0.39 is 6.10 Å². The van der Waals surface area contributed by atoms with E-state index in [0.29, 0.717) is 0 Å². The highest BCUT2D eigenvalue weighted by Crippen LogP contribution is 2.16. The summed E-state index contributed by atoms with van der Waals surface area (Å²) in [5, 5.41) is 9.98. The molecule has 0 radical (unpaired) electrons. The molecule has 0 aromatic carbocycles. The molecule has 0 saturated heterocycles. The lowest BCUT2D eigenvalue weighted by atomic mass is 10.1. The van der Waals surface area contributed by atoms with Crippen LogP contribution in [0.3, 0.4) is 0 Å². The van der Waals surface area contributed by atoms with Gasteiger partial charge in [0.2, 0.25) is 0 Å². The van der Waals surface area contributed by atoms with Crippen LogP contribution in [0.15, 0.2) is 18.3 Å². The van der Waals surface area contributed by atoms with Crippen LogP contribution in [-0.4, -0.2) is 34.6 Å². The van der Waals surface area contributed by atoms with E-state index in [4.69, 9.17) is 0 Å². The van der Waals surface area contributed by atoms with Crippen LogP contribution in [-0.2, 0) is 0 Å². The van der Waals surface area contributed by atoms with E-state index in [1.165, 1.54) is 0 Å². The van der Waals surface area contributed by atoms with Crippen molar-refractivity contribution >= 4 is 0 Å². The lowest BCUT2D eigenvalue weighted by Crippen LogP contribution is -2.25. The third-order valence-electron chi connectivity index (χ3n) is 2.93. The Kier molecular flexibility index (Phi) is 5.43. The summed E-state index contributed by atoms with van der Waals surface area (Å²) in [6.45, 7) is 9.24. The largest absolute Gasteiger partial charge is 0.388 e. The summed E-state index contributed by atoms with van der Waals surface area (Å²) in [6, 6.07) is 3.89. The van der Waals surface area contributed by atoms with Gasteiger partial charge in [-0.3, -0.25) is 4.98 Å². The predicted molar refractivity (Wildman–Crippen MR) is 66.3 cm³/mol. The number of hydrogen-bond acceptors (Lipinski definition) is 3. The van der Waals surface area contributed by atoms with Crippen LogP contribution in [0.5, 0.6) is 0 Å². The Bertz CT molecular complexity index is 293. The maximum atomic E-state index is 9.98. The zero-order valence-corrected chi connectivity index (χ0v) is 10.5. The van der Waals surface area contributed by atoms with E-state index in [1.54, 1.807) is 6.20 Å². The fourth-order valence-electron chi connectivity index (χ4n) is 1.69. The van der Waals surface area contributed by atoms with Crippen molar-refractivity contribution in [2.45, 2.75) is 33.3 Å². The molecular formula is C13H22N2O. The van der Waals surface area contributed by atoms with Crippen LogP contribution < -0.4 is 0 Å². The van der Waals surface area contributed by atoms with Gasteiger partial charge in [-0.2, -0.15) is 0 Å². The summed E-state index contributed by atoms with van der Waals surface area (Å²) in [5.74, 6) is 0. The summed E-state index contributed by atoms with van der Waals surface area (Å²) >= 11 is 0. The summed E-state index contributed by atoms with van der Waals surface area (Å²) in [4.78, 5) is 6.50. The fraction of sp³-hybridized carbons (Fsp3) is 0.615. The van der Waals surface area contributed by atoms with Crippen molar-refractivity contribution in [3.8, 4) is 0 Å². The predicted octanol–water partition coefficient (Wildman–Crippen LogP) is 2.16. The number of aliphatic hydroxyl groups is 1. The van der Waals surface area contributed by atoms with Crippen molar-refractivity contribution in [1.82, 2.24) is 9.88 Å². The number of aromatic nitrogens is 1. The van der Waals surface area contributed by atoms with Gasteiger partial charge in [-0.1, -0.05) is 19.9 Å². The van der Waals surface area contributed by atoms with Gasteiger partial charge in [0.25, 0.3) is 0 Å². The molecule has 3 nitrogen and oxygen atoms in total. The average molecular weight is 222 g/mol. The Morgan fingerprint density at radius 2 is 2.00 bits per heavy atom.